The van der Waals surface area contributed by atoms with Crippen LogP contribution < -0.4 is 4.72 Å². The largest absolute Gasteiger partial charge is 0.288 e. The van der Waals surface area contributed by atoms with E-state index < -0.39 is 25.6 Å². The third-order valence-corrected chi connectivity index (χ3v) is 6.70. The molecule has 0 aliphatic rings. The summed E-state index contributed by atoms with van der Waals surface area (Å²) in [5.41, 5.74) is 0.366. The van der Waals surface area contributed by atoms with Crippen LogP contribution in [-0.4, -0.2) is 33.9 Å². The molecular formula is C19H15ClN2O5S2. The van der Waals surface area contributed by atoms with Gasteiger partial charge in [-0.15, -0.1) is 0 Å². The number of rotatable bonds is 6. The van der Waals surface area contributed by atoms with Gasteiger partial charge in [0.1, 0.15) is 0 Å². The molecule has 1 aromatic heterocycles. The minimum absolute atomic E-state index is 0.00427. The van der Waals surface area contributed by atoms with Crippen molar-refractivity contribution in [3.05, 3.63) is 83.1 Å². The molecule has 1 heterocycles. The highest BCUT2D eigenvalue weighted by molar-refractivity contribution is 7.92. The number of sulfonamides is 1. The molecule has 0 radical (unpaired) electrons. The molecule has 0 atom stereocenters. The number of carbonyl (C=O) groups excluding carboxylic acids is 1. The van der Waals surface area contributed by atoms with Crippen LogP contribution in [-0.2, 0) is 19.9 Å². The molecule has 3 aromatic rings. The van der Waals surface area contributed by atoms with Crippen molar-refractivity contribution in [2.24, 2.45) is 0 Å². The zero-order chi connectivity index (χ0) is 21.2. The first kappa shape index (κ1) is 21.0. The Hall–Kier alpha value is -2.75. The summed E-state index contributed by atoms with van der Waals surface area (Å²) in [5, 5.41) is 0.262. The Bertz CT molecular complexity index is 1270. The Morgan fingerprint density at radius 2 is 1.62 bits per heavy atom. The predicted octanol–water partition coefficient (Wildman–Crippen LogP) is 3.17. The monoisotopic (exact) mass is 450 g/mol. The maximum Gasteiger partial charge on any atom is 0.261 e. The highest BCUT2D eigenvalue weighted by atomic mass is 35.5. The van der Waals surface area contributed by atoms with Crippen LogP contribution in [0.5, 0.6) is 0 Å². The van der Waals surface area contributed by atoms with Gasteiger partial charge in [0.25, 0.3) is 10.0 Å². The molecule has 29 heavy (non-hydrogen) atoms. The Labute approximate surface area is 173 Å². The molecule has 7 nitrogen and oxygen atoms in total. The van der Waals surface area contributed by atoms with E-state index in [-0.39, 0.29) is 31.6 Å². The average molecular weight is 451 g/mol. The second-order valence-corrected chi connectivity index (χ2v) is 10.2. The fraction of sp³-hybridized carbons (Fsp3) is 0.0526. The molecule has 10 heteroatoms. The summed E-state index contributed by atoms with van der Waals surface area (Å²) in [4.78, 5) is 16.5. The smallest absolute Gasteiger partial charge is 0.261 e. The van der Waals surface area contributed by atoms with Crippen LogP contribution in [0.4, 0.5) is 5.69 Å². The van der Waals surface area contributed by atoms with Crippen molar-refractivity contribution < 1.29 is 21.6 Å². The summed E-state index contributed by atoms with van der Waals surface area (Å²) in [6.45, 7) is 0. The number of carbonyl (C=O) groups is 1. The Morgan fingerprint density at radius 1 is 0.966 bits per heavy atom. The van der Waals surface area contributed by atoms with Crippen LogP contribution in [0.3, 0.4) is 0 Å². The molecule has 2 aromatic carbocycles. The standard InChI is InChI=1S/C19H15ClN2O5S2/c1-28(24,25)15-5-7-16(8-6-15)29(26,27)22-18-9-4-14(20)11-17(18)19(23)13-3-2-10-21-12-13/h2-12,22H,1H3. The van der Waals surface area contributed by atoms with Gasteiger partial charge in [-0.1, -0.05) is 11.6 Å². The number of nitrogens with one attached hydrogen (secondary N) is 1. The van der Waals surface area contributed by atoms with Crippen LogP contribution in [0.2, 0.25) is 5.02 Å². The molecule has 0 saturated heterocycles. The quantitative estimate of drug-likeness (QED) is 0.577. The van der Waals surface area contributed by atoms with E-state index in [1.807, 2.05) is 0 Å². The Balaban J connectivity index is 1.98. The van der Waals surface area contributed by atoms with Crippen molar-refractivity contribution in [1.29, 1.82) is 0 Å². The minimum atomic E-state index is -4.08. The van der Waals surface area contributed by atoms with E-state index in [2.05, 4.69) is 9.71 Å². The molecule has 0 fully saturated rings. The predicted molar refractivity (Wildman–Crippen MR) is 109 cm³/mol. The van der Waals surface area contributed by atoms with Crippen LogP contribution in [0.1, 0.15) is 15.9 Å². The fourth-order valence-electron chi connectivity index (χ4n) is 2.52. The van der Waals surface area contributed by atoms with Crippen LogP contribution in [0, 0.1) is 0 Å². The first-order valence-electron chi connectivity index (χ1n) is 8.15. The maximum absolute atomic E-state index is 12.8. The van der Waals surface area contributed by atoms with E-state index in [0.29, 0.717) is 0 Å². The number of anilines is 1. The molecule has 1 N–H and O–H groups in total. The molecule has 0 amide bonds. The van der Waals surface area contributed by atoms with E-state index in [1.54, 1.807) is 12.1 Å². The topological polar surface area (TPSA) is 110 Å². The van der Waals surface area contributed by atoms with Gasteiger partial charge in [0.05, 0.1) is 15.5 Å². The summed E-state index contributed by atoms with van der Waals surface area (Å²) in [6, 6.07) is 12.1. The van der Waals surface area contributed by atoms with E-state index in [1.165, 1.54) is 54.9 Å². The van der Waals surface area contributed by atoms with Gasteiger partial charge < -0.3 is 0 Å². The first-order chi connectivity index (χ1) is 13.6. The summed E-state index contributed by atoms with van der Waals surface area (Å²) in [6.07, 6.45) is 3.91. The second kappa shape index (κ2) is 7.94. The lowest BCUT2D eigenvalue weighted by Gasteiger charge is -2.13. The lowest BCUT2D eigenvalue weighted by atomic mass is 10.0. The number of ketones is 1. The van der Waals surface area contributed by atoms with Crippen molar-refractivity contribution in [2.45, 2.75) is 9.79 Å². The van der Waals surface area contributed by atoms with Gasteiger partial charge in [0.15, 0.2) is 15.6 Å². The van der Waals surface area contributed by atoms with Crippen molar-refractivity contribution in [3.63, 3.8) is 0 Å². The van der Waals surface area contributed by atoms with Crippen LogP contribution in [0.25, 0.3) is 0 Å². The molecule has 0 aliphatic heterocycles. The molecule has 150 valence electrons. The summed E-state index contributed by atoms with van der Waals surface area (Å²) >= 11 is 5.99. The van der Waals surface area contributed by atoms with E-state index >= 15 is 0 Å². The lowest BCUT2D eigenvalue weighted by Crippen LogP contribution is -2.16. The Morgan fingerprint density at radius 3 is 2.21 bits per heavy atom. The molecule has 0 saturated carbocycles. The van der Waals surface area contributed by atoms with E-state index in [0.717, 1.165) is 6.26 Å². The Kier molecular flexibility index (Phi) is 5.74. The summed E-state index contributed by atoms with van der Waals surface area (Å²) in [7, 11) is -7.54. The zero-order valence-electron chi connectivity index (χ0n) is 15.0. The number of nitrogens with zero attached hydrogens (tertiary/aromatic N) is 1. The molecule has 0 spiro atoms. The van der Waals surface area contributed by atoms with Gasteiger partial charge in [-0.2, -0.15) is 0 Å². The third-order valence-electron chi connectivity index (χ3n) is 3.96. The lowest BCUT2D eigenvalue weighted by molar-refractivity contribution is 0.103. The molecular weight excluding hydrogens is 436 g/mol. The van der Waals surface area contributed by atoms with E-state index in [9.17, 15) is 21.6 Å². The fourth-order valence-corrected chi connectivity index (χ4v) is 4.40. The van der Waals surface area contributed by atoms with E-state index in [4.69, 9.17) is 11.6 Å². The average Bonchev–Trinajstić information content (AvgIpc) is 2.69. The number of sulfone groups is 1. The van der Waals surface area contributed by atoms with Gasteiger partial charge in [0, 0.05) is 34.8 Å². The highest BCUT2D eigenvalue weighted by Gasteiger charge is 2.21. The van der Waals surface area contributed by atoms with Crippen molar-refractivity contribution >= 4 is 42.9 Å². The van der Waals surface area contributed by atoms with Crippen molar-refractivity contribution in [3.8, 4) is 0 Å². The minimum Gasteiger partial charge on any atom is -0.288 e. The van der Waals surface area contributed by atoms with Crippen molar-refractivity contribution in [2.75, 3.05) is 11.0 Å². The number of halogens is 1. The second-order valence-electron chi connectivity index (χ2n) is 6.11. The number of pyridine rings is 1. The van der Waals surface area contributed by atoms with Gasteiger partial charge >= 0.3 is 0 Å². The first-order valence-corrected chi connectivity index (χ1v) is 11.9. The maximum atomic E-state index is 12.8. The van der Waals surface area contributed by atoms with Gasteiger partial charge in [-0.3, -0.25) is 14.5 Å². The normalized spacial score (nSPS) is 11.8. The number of benzene rings is 2. The number of hydrogen-bond donors (Lipinski definition) is 1. The highest BCUT2D eigenvalue weighted by Crippen LogP contribution is 2.26. The van der Waals surface area contributed by atoms with Crippen LogP contribution in [0.15, 0.2) is 76.8 Å². The number of aromatic nitrogens is 1. The summed E-state index contributed by atoms with van der Waals surface area (Å²) in [5.74, 6) is -0.453. The summed E-state index contributed by atoms with van der Waals surface area (Å²) < 4.78 is 50.9. The molecule has 0 unspecified atom stereocenters. The van der Waals surface area contributed by atoms with Gasteiger partial charge in [-0.25, -0.2) is 16.8 Å². The SMILES string of the molecule is CS(=O)(=O)c1ccc(S(=O)(=O)Nc2ccc(Cl)cc2C(=O)c2cccnc2)cc1. The molecule has 3 rings (SSSR count). The third kappa shape index (κ3) is 4.81. The zero-order valence-corrected chi connectivity index (χ0v) is 17.4. The van der Waals surface area contributed by atoms with Gasteiger partial charge in [0.2, 0.25) is 0 Å². The van der Waals surface area contributed by atoms with Crippen molar-refractivity contribution in [1.82, 2.24) is 4.98 Å². The van der Waals surface area contributed by atoms with Gasteiger partial charge in [-0.05, 0) is 54.6 Å². The molecule has 0 aliphatic carbocycles. The van der Waals surface area contributed by atoms with Crippen LogP contribution >= 0.6 is 11.6 Å². The molecule has 0 bridgehead atoms. The number of hydrogen-bond acceptors (Lipinski definition) is 6.